The highest BCUT2D eigenvalue weighted by molar-refractivity contribution is 6.34. The van der Waals surface area contributed by atoms with Crippen molar-refractivity contribution in [1.29, 1.82) is 0 Å². The molecule has 1 aliphatic rings. The molecule has 1 fully saturated rings. The van der Waals surface area contributed by atoms with Gasteiger partial charge >= 0.3 is 0 Å². The van der Waals surface area contributed by atoms with Crippen molar-refractivity contribution in [3.63, 3.8) is 0 Å². The van der Waals surface area contributed by atoms with E-state index >= 15 is 0 Å². The van der Waals surface area contributed by atoms with E-state index in [0.717, 1.165) is 31.1 Å². The summed E-state index contributed by atoms with van der Waals surface area (Å²) in [5.74, 6) is -0.405. The van der Waals surface area contributed by atoms with Gasteiger partial charge in [-0.15, -0.1) is 0 Å². The number of nitrogens with one attached hydrogen (secondary N) is 1. The van der Waals surface area contributed by atoms with Crippen LogP contribution in [0.2, 0.25) is 5.02 Å². The number of fused-ring (bicyclic) bond motifs is 1. The first kappa shape index (κ1) is 21.5. The zero-order valence-corrected chi connectivity index (χ0v) is 18.4. The summed E-state index contributed by atoms with van der Waals surface area (Å²) in [6.45, 7) is 3.29. The molecule has 4 rings (SSSR count). The van der Waals surface area contributed by atoms with Gasteiger partial charge in [-0.3, -0.25) is 9.59 Å². The van der Waals surface area contributed by atoms with Gasteiger partial charge in [0.25, 0.3) is 11.5 Å². The molecule has 0 radical (unpaired) electrons. The van der Waals surface area contributed by atoms with Crippen molar-refractivity contribution in [2.24, 2.45) is 0 Å². The van der Waals surface area contributed by atoms with Gasteiger partial charge in [-0.1, -0.05) is 43.0 Å². The van der Waals surface area contributed by atoms with Crippen molar-refractivity contribution in [3.8, 4) is 0 Å². The molecular weight excluding hydrogens is 414 g/mol. The Labute approximate surface area is 185 Å². The first-order valence-corrected chi connectivity index (χ1v) is 11.0. The molecular formula is C24H26ClN3O3. The second-order valence-corrected chi connectivity index (χ2v) is 9.10. The fourth-order valence-corrected chi connectivity index (χ4v) is 4.30. The molecule has 0 spiro atoms. The molecule has 2 N–H and O–H groups in total. The van der Waals surface area contributed by atoms with E-state index in [2.05, 4.69) is 10.4 Å². The standard InChI is InChI=1S/C24H26ClN3O3/c1-24(2,31)16-9-11-21(25)20(12-16)22(29)27-17-10-8-15-14-26-28(23(30)19(15)13-17)18-6-4-3-5-7-18/h8-14,18,31H,3-7H2,1-2H3,(H,27,29). The van der Waals surface area contributed by atoms with E-state index in [9.17, 15) is 14.7 Å². The number of halogens is 1. The van der Waals surface area contributed by atoms with Crippen molar-refractivity contribution in [2.75, 3.05) is 5.32 Å². The second-order valence-electron chi connectivity index (χ2n) is 8.70. The maximum absolute atomic E-state index is 13.1. The van der Waals surface area contributed by atoms with Gasteiger partial charge in [0.1, 0.15) is 0 Å². The Kier molecular flexibility index (Phi) is 5.86. The minimum absolute atomic E-state index is 0.132. The quantitative estimate of drug-likeness (QED) is 0.596. The Bertz CT molecular complexity index is 1190. The van der Waals surface area contributed by atoms with E-state index in [1.165, 1.54) is 6.42 Å². The molecule has 0 bridgehead atoms. The molecule has 162 valence electrons. The van der Waals surface area contributed by atoms with Gasteiger partial charge in [0.2, 0.25) is 0 Å². The third kappa shape index (κ3) is 4.50. The Balaban J connectivity index is 1.65. The number of anilines is 1. The smallest absolute Gasteiger partial charge is 0.274 e. The Hall–Kier alpha value is -2.70. The third-order valence-electron chi connectivity index (χ3n) is 5.91. The van der Waals surface area contributed by atoms with E-state index in [0.29, 0.717) is 16.6 Å². The maximum Gasteiger partial charge on any atom is 0.274 e. The van der Waals surface area contributed by atoms with Crippen LogP contribution in [0.4, 0.5) is 5.69 Å². The number of carbonyl (C=O) groups excluding carboxylic acids is 1. The Morgan fingerprint density at radius 3 is 2.61 bits per heavy atom. The number of hydrogen-bond donors (Lipinski definition) is 2. The van der Waals surface area contributed by atoms with Crippen LogP contribution in [0.5, 0.6) is 0 Å². The first-order valence-electron chi connectivity index (χ1n) is 10.6. The summed E-state index contributed by atoms with van der Waals surface area (Å²) >= 11 is 6.23. The lowest BCUT2D eigenvalue weighted by Crippen LogP contribution is -2.28. The Morgan fingerprint density at radius 1 is 1.16 bits per heavy atom. The lowest BCUT2D eigenvalue weighted by molar-refractivity contribution is 0.0785. The van der Waals surface area contributed by atoms with Crippen LogP contribution < -0.4 is 10.9 Å². The van der Waals surface area contributed by atoms with Gasteiger partial charge in [-0.25, -0.2) is 4.68 Å². The molecule has 0 saturated heterocycles. The highest BCUT2D eigenvalue weighted by Crippen LogP contribution is 2.28. The van der Waals surface area contributed by atoms with E-state index in [1.54, 1.807) is 61.1 Å². The summed E-state index contributed by atoms with van der Waals surface area (Å²) in [6.07, 6.45) is 7.05. The van der Waals surface area contributed by atoms with Crippen molar-refractivity contribution >= 4 is 34.0 Å². The average molecular weight is 440 g/mol. The molecule has 1 heterocycles. The molecule has 1 amide bonds. The van der Waals surface area contributed by atoms with Gasteiger partial charge in [0, 0.05) is 11.1 Å². The highest BCUT2D eigenvalue weighted by atomic mass is 35.5. The molecule has 0 unspecified atom stereocenters. The van der Waals surface area contributed by atoms with Crippen LogP contribution in [-0.2, 0) is 5.60 Å². The average Bonchev–Trinajstić information content (AvgIpc) is 2.74. The van der Waals surface area contributed by atoms with Crippen LogP contribution in [0.1, 0.15) is 67.9 Å². The second kappa shape index (κ2) is 8.44. The molecule has 1 aliphatic carbocycles. The maximum atomic E-state index is 13.1. The Morgan fingerprint density at radius 2 is 1.90 bits per heavy atom. The molecule has 31 heavy (non-hydrogen) atoms. The third-order valence-corrected chi connectivity index (χ3v) is 6.24. The van der Waals surface area contributed by atoms with Crippen LogP contribution in [0, 0.1) is 0 Å². The zero-order chi connectivity index (χ0) is 22.2. The molecule has 7 heteroatoms. The summed E-state index contributed by atoms with van der Waals surface area (Å²) in [4.78, 5) is 26.0. The van der Waals surface area contributed by atoms with Crippen LogP contribution in [0.3, 0.4) is 0 Å². The summed E-state index contributed by atoms with van der Waals surface area (Å²) in [6, 6.07) is 10.2. The monoisotopic (exact) mass is 439 g/mol. The molecule has 1 aromatic heterocycles. The number of amides is 1. The van der Waals surface area contributed by atoms with Gasteiger partial charge in [0.15, 0.2) is 0 Å². The number of benzene rings is 2. The van der Waals surface area contributed by atoms with E-state index < -0.39 is 11.5 Å². The van der Waals surface area contributed by atoms with Crippen LogP contribution in [-0.4, -0.2) is 20.8 Å². The molecule has 0 atom stereocenters. The van der Waals surface area contributed by atoms with Gasteiger partial charge < -0.3 is 10.4 Å². The molecule has 1 saturated carbocycles. The number of rotatable bonds is 4. The molecule has 0 aliphatic heterocycles. The van der Waals surface area contributed by atoms with Crippen molar-refractivity contribution in [3.05, 3.63) is 69.1 Å². The summed E-state index contributed by atoms with van der Waals surface area (Å²) < 4.78 is 1.59. The SMILES string of the molecule is CC(C)(O)c1ccc(Cl)c(C(=O)Nc2ccc3cnn(C4CCCCC4)c(=O)c3c2)c1. The van der Waals surface area contributed by atoms with Crippen LogP contribution in [0.15, 0.2) is 47.4 Å². The summed E-state index contributed by atoms with van der Waals surface area (Å²) in [5, 5.41) is 19.0. The number of nitrogens with zero attached hydrogens (tertiary/aromatic N) is 2. The van der Waals surface area contributed by atoms with Gasteiger partial charge in [-0.2, -0.15) is 5.10 Å². The fraction of sp³-hybridized carbons (Fsp3) is 0.375. The van der Waals surface area contributed by atoms with E-state index in [4.69, 9.17) is 11.6 Å². The lowest BCUT2D eigenvalue weighted by atomic mass is 9.95. The zero-order valence-electron chi connectivity index (χ0n) is 17.7. The number of hydrogen-bond acceptors (Lipinski definition) is 4. The molecule has 3 aromatic rings. The highest BCUT2D eigenvalue weighted by Gasteiger charge is 2.21. The van der Waals surface area contributed by atoms with Gasteiger partial charge in [0.05, 0.1) is 33.8 Å². The molecule has 2 aromatic carbocycles. The van der Waals surface area contributed by atoms with E-state index in [-0.39, 0.29) is 22.2 Å². The minimum atomic E-state index is -1.10. The fourth-order valence-electron chi connectivity index (χ4n) is 4.10. The predicted molar refractivity (Wildman–Crippen MR) is 123 cm³/mol. The molecule has 6 nitrogen and oxygen atoms in total. The largest absolute Gasteiger partial charge is 0.386 e. The number of aliphatic hydroxyl groups is 1. The lowest BCUT2D eigenvalue weighted by Gasteiger charge is -2.22. The van der Waals surface area contributed by atoms with Crippen LogP contribution in [0.25, 0.3) is 10.8 Å². The van der Waals surface area contributed by atoms with Crippen molar-refractivity contribution in [1.82, 2.24) is 9.78 Å². The minimum Gasteiger partial charge on any atom is -0.386 e. The first-order chi connectivity index (χ1) is 14.7. The summed E-state index contributed by atoms with van der Waals surface area (Å²) in [7, 11) is 0. The number of aromatic nitrogens is 2. The summed E-state index contributed by atoms with van der Waals surface area (Å²) in [5.41, 5.74) is 0.112. The van der Waals surface area contributed by atoms with Crippen molar-refractivity contribution < 1.29 is 9.90 Å². The normalized spacial score (nSPS) is 15.2. The van der Waals surface area contributed by atoms with E-state index in [1.807, 2.05) is 0 Å². The van der Waals surface area contributed by atoms with Crippen molar-refractivity contribution in [2.45, 2.75) is 57.6 Å². The predicted octanol–water partition coefficient (Wildman–Crippen LogP) is 5.03. The number of carbonyl (C=O) groups is 1. The van der Waals surface area contributed by atoms with Gasteiger partial charge in [-0.05, 0) is 56.5 Å². The van der Waals surface area contributed by atoms with Crippen LogP contribution >= 0.6 is 11.6 Å². The topological polar surface area (TPSA) is 84.2 Å².